The number of nitro groups is 1. The number of aryl methyl sites for hydroxylation is 1. The third kappa shape index (κ3) is 3.73. The molecule has 2 aromatic heterocycles. The Hall–Kier alpha value is -2.31. The molecular formula is C15H19N5O5S2. The van der Waals surface area contributed by atoms with E-state index >= 15 is 0 Å². The fourth-order valence-corrected chi connectivity index (χ4v) is 5.57. The van der Waals surface area contributed by atoms with Crippen molar-refractivity contribution < 1.29 is 18.1 Å². The first-order valence-corrected chi connectivity index (χ1v) is 10.6. The van der Waals surface area contributed by atoms with Crippen LogP contribution in [0.2, 0.25) is 0 Å². The summed E-state index contributed by atoms with van der Waals surface area (Å²) in [4.78, 5) is 24.6. The minimum atomic E-state index is -3.53. The maximum Gasteiger partial charge on any atom is 0.390 e. The van der Waals surface area contributed by atoms with Crippen LogP contribution in [-0.4, -0.2) is 64.4 Å². The van der Waals surface area contributed by atoms with Gasteiger partial charge in [0.05, 0.1) is 16.9 Å². The summed E-state index contributed by atoms with van der Waals surface area (Å²) in [6, 6.07) is 3.85. The number of sulfonamides is 1. The van der Waals surface area contributed by atoms with Gasteiger partial charge < -0.3 is 15.0 Å². The van der Waals surface area contributed by atoms with Gasteiger partial charge >= 0.3 is 5.82 Å². The van der Waals surface area contributed by atoms with Gasteiger partial charge in [-0.3, -0.25) is 4.79 Å². The average molecular weight is 413 g/mol. The summed E-state index contributed by atoms with van der Waals surface area (Å²) in [6.45, 7) is 4.20. The number of carbonyl (C=O) groups excluding carboxylic acids is 1. The maximum atomic E-state index is 12.7. The van der Waals surface area contributed by atoms with Gasteiger partial charge in [0.2, 0.25) is 5.91 Å². The predicted molar refractivity (Wildman–Crippen MR) is 98.0 cm³/mol. The summed E-state index contributed by atoms with van der Waals surface area (Å²) >= 11 is 1.16. The highest BCUT2D eigenvalue weighted by Crippen LogP contribution is 2.23. The fourth-order valence-electron chi connectivity index (χ4n) is 3.01. The Morgan fingerprint density at radius 2 is 2.00 bits per heavy atom. The van der Waals surface area contributed by atoms with Gasteiger partial charge in [0.1, 0.15) is 10.3 Å². The summed E-state index contributed by atoms with van der Waals surface area (Å²) in [7, 11) is -3.53. The van der Waals surface area contributed by atoms with Crippen LogP contribution in [0.5, 0.6) is 0 Å². The minimum absolute atomic E-state index is 0.205. The second-order valence-corrected chi connectivity index (χ2v) is 9.30. The van der Waals surface area contributed by atoms with Gasteiger partial charge in [0.25, 0.3) is 10.0 Å². The van der Waals surface area contributed by atoms with Crippen molar-refractivity contribution in [3.8, 4) is 0 Å². The highest BCUT2D eigenvalue weighted by atomic mass is 32.2. The van der Waals surface area contributed by atoms with Crippen LogP contribution < -0.4 is 0 Å². The zero-order valence-electron chi connectivity index (χ0n) is 14.8. The third-order valence-electron chi connectivity index (χ3n) is 4.46. The molecule has 1 fully saturated rings. The monoisotopic (exact) mass is 413 g/mol. The number of nitrogens with zero attached hydrogens (tertiary/aromatic N) is 5. The zero-order valence-corrected chi connectivity index (χ0v) is 16.4. The van der Waals surface area contributed by atoms with Crippen LogP contribution in [0.3, 0.4) is 0 Å². The van der Waals surface area contributed by atoms with E-state index in [9.17, 15) is 23.3 Å². The molecule has 1 atom stereocenters. The van der Waals surface area contributed by atoms with Crippen LogP contribution in [0, 0.1) is 17.0 Å². The summed E-state index contributed by atoms with van der Waals surface area (Å²) in [5.41, 5.74) is 0.515. The SMILES string of the molecule is Cc1cc([N+](=O)[O-])nn1C(C)C(=O)N1CCN(S(=O)(=O)c2cccs2)CC1. The standard InChI is InChI=1S/C15H19N5O5S2/c1-11-10-13(20(22)23)16-19(11)12(2)15(21)17-5-7-18(8-6-17)27(24,25)14-4-3-9-26-14/h3-4,9-10,12H,5-8H2,1-2H3. The quantitative estimate of drug-likeness (QED) is 0.538. The van der Waals surface area contributed by atoms with Crippen molar-refractivity contribution in [1.82, 2.24) is 19.0 Å². The van der Waals surface area contributed by atoms with Gasteiger partial charge in [-0.1, -0.05) is 6.07 Å². The van der Waals surface area contributed by atoms with E-state index in [-0.39, 0.29) is 42.1 Å². The van der Waals surface area contributed by atoms with Crippen molar-refractivity contribution in [2.75, 3.05) is 26.2 Å². The van der Waals surface area contributed by atoms with Crippen molar-refractivity contribution >= 4 is 33.1 Å². The van der Waals surface area contributed by atoms with Gasteiger partial charge in [0.15, 0.2) is 0 Å². The molecule has 12 heteroatoms. The van der Waals surface area contributed by atoms with E-state index in [4.69, 9.17) is 0 Å². The normalized spacial score (nSPS) is 17.0. The molecule has 0 aromatic carbocycles. The molecule has 1 aliphatic heterocycles. The van der Waals surface area contributed by atoms with Gasteiger partial charge in [-0.25, -0.2) is 8.42 Å². The summed E-state index contributed by atoms with van der Waals surface area (Å²) in [6.07, 6.45) is 0. The molecule has 27 heavy (non-hydrogen) atoms. The Balaban J connectivity index is 1.67. The van der Waals surface area contributed by atoms with E-state index in [1.807, 2.05) is 0 Å². The van der Waals surface area contributed by atoms with Crippen LogP contribution in [0.15, 0.2) is 27.8 Å². The maximum absolute atomic E-state index is 12.7. The first-order chi connectivity index (χ1) is 12.7. The van der Waals surface area contributed by atoms with Crippen molar-refractivity contribution in [2.24, 2.45) is 0 Å². The van der Waals surface area contributed by atoms with Gasteiger partial charge in [-0.2, -0.15) is 8.99 Å². The van der Waals surface area contributed by atoms with Gasteiger partial charge in [-0.05, 0) is 30.2 Å². The Morgan fingerprint density at radius 1 is 1.33 bits per heavy atom. The number of hydrogen-bond donors (Lipinski definition) is 0. The van der Waals surface area contributed by atoms with Crippen molar-refractivity contribution in [3.05, 3.63) is 39.4 Å². The molecule has 1 amide bonds. The molecule has 146 valence electrons. The molecule has 3 rings (SSSR count). The summed E-state index contributed by atoms with van der Waals surface area (Å²) in [5.74, 6) is -0.553. The third-order valence-corrected chi connectivity index (χ3v) is 7.73. The Morgan fingerprint density at radius 3 is 2.52 bits per heavy atom. The highest BCUT2D eigenvalue weighted by Gasteiger charge is 2.34. The molecule has 0 N–H and O–H groups in total. The molecule has 0 aliphatic carbocycles. The zero-order chi connectivity index (χ0) is 19.8. The molecule has 1 saturated heterocycles. The van der Waals surface area contributed by atoms with E-state index in [1.165, 1.54) is 15.1 Å². The topological polar surface area (TPSA) is 119 Å². The molecule has 0 radical (unpaired) electrons. The number of aromatic nitrogens is 2. The number of amides is 1. The van der Waals surface area contributed by atoms with E-state index in [0.717, 1.165) is 11.3 Å². The smallest absolute Gasteiger partial charge is 0.358 e. The lowest BCUT2D eigenvalue weighted by atomic mass is 10.2. The predicted octanol–water partition coefficient (Wildman–Crippen LogP) is 1.26. The first-order valence-electron chi connectivity index (χ1n) is 8.25. The van der Waals surface area contributed by atoms with Crippen molar-refractivity contribution in [2.45, 2.75) is 24.1 Å². The van der Waals surface area contributed by atoms with Gasteiger partial charge in [-0.15, -0.1) is 11.3 Å². The Labute approximate surface area is 160 Å². The van der Waals surface area contributed by atoms with Crippen molar-refractivity contribution in [1.29, 1.82) is 0 Å². The molecule has 0 bridgehead atoms. The molecule has 2 aromatic rings. The Kier molecular flexibility index (Phi) is 5.31. The molecule has 1 aliphatic rings. The largest absolute Gasteiger partial charge is 0.390 e. The second kappa shape index (κ2) is 7.37. The number of rotatable bonds is 5. The lowest BCUT2D eigenvalue weighted by molar-refractivity contribution is -0.389. The summed E-state index contributed by atoms with van der Waals surface area (Å²) < 4.78 is 28.1. The average Bonchev–Trinajstić information content (AvgIpc) is 3.31. The van der Waals surface area contributed by atoms with Crippen LogP contribution in [0.1, 0.15) is 18.7 Å². The second-order valence-electron chi connectivity index (χ2n) is 6.18. The van der Waals surface area contributed by atoms with E-state index in [1.54, 1.807) is 36.3 Å². The number of thiophene rings is 1. The molecule has 10 nitrogen and oxygen atoms in total. The lowest BCUT2D eigenvalue weighted by Crippen LogP contribution is -2.51. The number of piperazine rings is 1. The van der Waals surface area contributed by atoms with E-state index < -0.39 is 21.0 Å². The molecule has 0 spiro atoms. The van der Waals surface area contributed by atoms with Crippen LogP contribution in [0.4, 0.5) is 5.82 Å². The molecule has 0 saturated carbocycles. The first kappa shape index (κ1) is 19.5. The fraction of sp³-hybridized carbons (Fsp3) is 0.467. The summed E-state index contributed by atoms with van der Waals surface area (Å²) in [5, 5.41) is 16.4. The molecular weight excluding hydrogens is 394 g/mol. The number of carbonyl (C=O) groups is 1. The Bertz CT molecular complexity index is 945. The van der Waals surface area contributed by atoms with Crippen molar-refractivity contribution in [3.63, 3.8) is 0 Å². The number of hydrogen-bond acceptors (Lipinski definition) is 7. The lowest BCUT2D eigenvalue weighted by Gasteiger charge is -2.34. The van der Waals surface area contributed by atoms with E-state index in [0.29, 0.717) is 5.69 Å². The highest BCUT2D eigenvalue weighted by molar-refractivity contribution is 7.91. The van der Waals surface area contributed by atoms with Crippen LogP contribution in [-0.2, 0) is 14.8 Å². The van der Waals surface area contributed by atoms with E-state index in [2.05, 4.69) is 5.10 Å². The van der Waals surface area contributed by atoms with Crippen LogP contribution >= 0.6 is 11.3 Å². The molecule has 3 heterocycles. The van der Waals surface area contributed by atoms with Crippen LogP contribution in [0.25, 0.3) is 0 Å². The minimum Gasteiger partial charge on any atom is -0.358 e. The van der Waals surface area contributed by atoms with Gasteiger partial charge in [0, 0.05) is 26.2 Å². The molecule has 1 unspecified atom stereocenters.